The molecule has 0 aliphatic carbocycles. The summed E-state index contributed by atoms with van der Waals surface area (Å²) in [5.41, 5.74) is -0.207. The van der Waals surface area contributed by atoms with E-state index < -0.39 is 79.5 Å². The second-order valence-electron chi connectivity index (χ2n) is 7.37. The summed E-state index contributed by atoms with van der Waals surface area (Å²) >= 11 is 0. The van der Waals surface area contributed by atoms with Crippen molar-refractivity contribution in [3.63, 3.8) is 0 Å². The SMILES string of the molecule is O=[N+]([O-])c1ccc(O[C@@H]2[C@@H](O)[C@@H](O[C@H]3[C@H](O)[C@@H](O)[C@@H](O)O[C@@H]3CO)O[C@H](CO)[C@H]2O)cc1. The normalized spacial score (nSPS) is 40.1. The van der Waals surface area contributed by atoms with Crippen molar-refractivity contribution in [1.29, 1.82) is 0 Å². The summed E-state index contributed by atoms with van der Waals surface area (Å²) in [5, 5.41) is 80.6. The van der Waals surface area contributed by atoms with Gasteiger partial charge in [-0.15, -0.1) is 0 Å². The highest BCUT2D eigenvalue weighted by Gasteiger charge is 2.51. The Morgan fingerprint density at radius 2 is 1.47 bits per heavy atom. The number of nitrogens with zero attached hydrogens (tertiary/aromatic N) is 1. The van der Waals surface area contributed by atoms with Crippen molar-refractivity contribution in [2.45, 2.75) is 61.4 Å². The maximum Gasteiger partial charge on any atom is 0.269 e. The fourth-order valence-corrected chi connectivity index (χ4v) is 3.50. The van der Waals surface area contributed by atoms with Crippen LogP contribution in [0.2, 0.25) is 0 Å². The van der Waals surface area contributed by atoms with Crippen LogP contribution in [0.3, 0.4) is 0 Å². The van der Waals surface area contributed by atoms with E-state index in [2.05, 4.69) is 0 Å². The zero-order chi connectivity index (χ0) is 23.6. The maximum absolute atomic E-state index is 10.8. The summed E-state index contributed by atoms with van der Waals surface area (Å²) < 4.78 is 21.4. The second-order valence-corrected chi connectivity index (χ2v) is 7.37. The molecule has 0 radical (unpaired) electrons. The Bertz CT molecular complexity index is 762. The maximum atomic E-state index is 10.8. The number of aliphatic hydroxyl groups is 7. The van der Waals surface area contributed by atoms with Crippen LogP contribution in [0, 0.1) is 10.1 Å². The fourth-order valence-electron chi connectivity index (χ4n) is 3.50. The van der Waals surface area contributed by atoms with Crippen LogP contribution < -0.4 is 4.74 Å². The predicted octanol–water partition coefficient (Wildman–Crippen LogP) is -3.40. The summed E-state index contributed by atoms with van der Waals surface area (Å²) in [6, 6.07) is 4.79. The molecule has 2 aliphatic rings. The number of nitro benzene ring substituents is 1. The Morgan fingerprint density at radius 1 is 0.844 bits per heavy atom. The molecule has 0 bridgehead atoms. The Labute approximate surface area is 180 Å². The number of rotatable bonds is 7. The predicted molar refractivity (Wildman–Crippen MR) is 100 cm³/mol. The van der Waals surface area contributed by atoms with Crippen molar-refractivity contribution >= 4 is 5.69 Å². The van der Waals surface area contributed by atoms with E-state index in [1.807, 2.05) is 0 Å². The molecule has 2 fully saturated rings. The minimum Gasteiger partial charge on any atom is -0.485 e. The number of non-ortho nitro benzene ring substituents is 1. The molecule has 2 heterocycles. The Hall–Kier alpha value is -1.98. The number of ether oxygens (including phenoxy) is 4. The number of nitro groups is 1. The lowest BCUT2D eigenvalue weighted by Gasteiger charge is -2.46. The van der Waals surface area contributed by atoms with Gasteiger partial charge in [-0.3, -0.25) is 10.1 Å². The molecule has 3 rings (SSSR count). The topological polar surface area (TPSA) is 222 Å². The van der Waals surface area contributed by atoms with Gasteiger partial charge in [0.05, 0.1) is 18.1 Å². The van der Waals surface area contributed by atoms with Crippen molar-refractivity contribution in [2.75, 3.05) is 13.2 Å². The smallest absolute Gasteiger partial charge is 0.269 e. The molecule has 10 atom stereocenters. The lowest BCUT2D eigenvalue weighted by Crippen LogP contribution is -2.65. The minimum atomic E-state index is -1.79. The molecule has 14 nitrogen and oxygen atoms in total. The van der Waals surface area contributed by atoms with Crippen molar-refractivity contribution < 1.29 is 59.6 Å². The van der Waals surface area contributed by atoms with Crippen LogP contribution in [0.4, 0.5) is 5.69 Å². The Balaban J connectivity index is 1.78. The van der Waals surface area contributed by atoms with E-state index >= 15 is 0 Å². The molecule has 7 N–H and O–H groups in total. The van der Waals surface area contributed by atoms with Gasteiger partial charge in [0.1, 0.15) is 48.5 Å². The summed E-state index contributed by atoms with van der Waals surface area (Å²) in [5.74, 6) is 0.0591. The van der Waals surface area contributed by atoms with Gasteiger partial charge in [-0.05, 0) is 12.1 Å². The Morgan fingerprint density at radius 3 is 2.03 bits per heavy atom. The standard InChI is InChI=1S/C18H25NO13/c20-5-9-11(22)16(29-8-3-1-7(2-4-8)19(27)28)14(25)18(31-9)32-15-10(6-21)30-17(26)13(24)12(15)23/h1-4,9-18,20-26H,5-6H2/t9-,10-,11-,12-,13-,14-,15-,16+,17+,18-/m1/s1. The molecule has 0 unspecified atom stereocenters. The minimum absolute atomic E-state index is 0.0591. The van der Waals surface area contributed by atoms with Crippen LogP contribution in [0.1, 0.15) is 0 Å². The number of aliphatic hydroxyl groups excluding tert-OH is 7. The van der Waals surface area contributed by atoms with Crippen LogP contribution in [-0.2, 0) is 14.2 Å². The van der Waals surface area contributed by atoms with Gasteiger partial charge in [0.25, 0.3) is 5.69 Å². The van der Waals surface area contributed by atoms with E-state index in [9.17, 15) is 45.9 Å². The molecule has 180 valence electrons. The summed E-state index contributed by atoms with van der Waals surface area (Å²) in [7, 11) is 0. The molecule has 2 aliphatic heterocycles. The molecule has 0 aromatic heterocycles. The van der Waals surface area contributed by atoms with Crippen molar-refractivity contribution in [3.8, 4) is 5.75 Å². The van der Waals surface area contributed by atoms with E-state index in [1.54, 1.807) is 0 Å². The lowest BCUT2D eigenvalue weighted by molar-refractivity contribution is -0.384. The van der Waals surface area contributed by atoms with Crippen molar-refractivity contribution in [3.05, 3.63) is 34.4 Å². The number of hydrogen-bond donors (Lipinski definition) is 7. The van der Waals surface area contributed by atoms with Crippen LogP contribution in [0.25, 0.3) is 0 Å². The van der Waals surface area contributed by atoms with Gasteiger partial charge in [-0.1, -0.05) is 0 Å². The number of hydrogen-bond acceptors (Lipinski definition) is 13. The van der Waals surface area contributed by atoms with Gasteiger partial charge in [-0.25, -0.2) is 0 Å². The monoisotopic (exact) mass is 463 g/mol. The second kappa shape index (κ2) is 10.3. The molecule has 14 heteroatoms. The molecule has 0 amide bonds. The molecule has 32 heavy (non-hydrogen) atoms. The highest BCUT2D eigenvalue weighted by molar-refractivity contribution is 5.36. The third-order valence-electron chi connectivity index (χ3n) is 5.27. The Kier molecular flexibility index (Phi) is 7.94. The summed E-state index contributed by atoms with van der Waals surface area (Å²) in [4.78, 5) is 10.2. The fraction of sp³-hybridized carbons (Fsp3) is 0.667. The first-order valence-corrected chi connectivity index (χ1v) is 9.67. The molecule has 0 spiro atoms. The summed E-state index contributed by atoms with van der Waals surface area (Å²) in [6.07, 6.45) is -15.7. The van der Waals surface area contributed by atoms with Crippen molar-refractivity contribution in [1.82, 2.24) is 0 Å². The van der Waals surface area contributed by atoms with Gasteiger partial charge in [-0.2, -0.15) is 0 Å². The quantitative estimate of drug-likeness (QED) is 0.155. The van der Waals surface area contributed by atoms with Gasteiger partial charge in [0.2, 0.25) is 0 Å². The lowest BCUT2D eigenvalue weighted by atomic mass is 9.97. The molecule has 2 saturated heterocycles. The van der Waals surface area contributed by atoms with Crippen LogP contribution in [-0.4, -0.2) is 115 Å². The van der Waals surface area contributed by atoms with Crippen LogP contribution in [0.15, 0.2) is 24.3 Å². The van der Waals surface area contributed by atoms with Crippen LogP contribution in [0.5, 0.6) is 5.75 Å². The average molecular weight is 463 g/mol. The number of benzene rings is 1. The molecular weight excluding hydrogens is 438 g/mol. The zero-order valence-electron chi connectivity index (χ0n) is 16.5. The highest BCUT2D eigenvalue weighted by Crippen LogP contribution is 2.31. The van der Waals surface area contributed by atoms with Crippen molar-refractivity contribution in [2.24, 2.45) is 0 Å². The van der Waals surface area contributed by atoms with E-state index in [1.165, 1.54) is 12.1 Å². The van der Waals surface area contributed by atoms with E-state index in [0.717, 1.165) is 12.1 Å². The average Bonchev–Trinajstić information content (AvgIpc) is 2.78. The van der Waals surface area contributed by atoms with E-state index in [-0.39, 0.29) is 11.4 Å². The molecule has 1 aromatic rings. The first-order chi connectivity index (χ1) is 15.2. The van der Waals surface area contributed by atoms with Gasteiger partial charge in [0.15, 0.2) is 18.7 Å². The van der Waals surface area contributed by atoms with Gasteiger partial charge >= 0.3 is 0 Å². The first-order valence-electron chi connectivity index (χ1n) is 9.67. The summed E-state index contributed by atoms with van der Waals surface area (Å²) in [6.45, 7) is -1.43. The van der Waals surface area contributed by atoms with Gasteiger partial charge in [0, 0.05) is 12.1 Å². The molecule has 1 aromatic carbocycles. The molecule has 0 saturated carbocycles. The largest absolute Gasteiger partial charge is 0.485 e. The third-order valence-corrected chi connectivity index (χ3v) is 5.27. The third kappa shape index (κ3) is 4.99. The first kappa shape index (κ1) is 24.7. The zero-order valence-corrected chi connectivity index (χ0v) is 16.5. The molecular formula is C18H25NO13. The van der Waals surface area contributed by atoms with Gasteiger partial charge < -0.3 is 54.7 Å². The van der Waals surface area contributed by atoms with E-state index in [4.69, 9.17) is 18.9 Å². The van der Waals surface area contributed by atoms with E-state index in [0.29, 0.717) is 0 Å². The van der Waals surface area contributed by atoms with Crippen LogP contribution >= 0.6 is 0 Å². The highest BCUT2D eigenvalue weighted by atomic mass is 16.7.